The molecule has 5 heteroatoms. The van der Waals surface area contributed by atoms with Crippen molar-refractivity contribution in [2.45, 2.75) is 13.0 Å². The van der Waals surface area contributed by atoms with Crippen LogP contribution in [0.25, 0.3) is 10.9 Å². The van der Waals surface area contributed by atoms with E-state index in [1.54, 1.807) is 11.3 Å². The minimum absolute atomic E-state index is 0.281. The second-order valence-corrected chi connectivity index (χ2v) is 5.97. The molecule has 3 aromatic rings. The molecule has 2 aromatic heterocycles. The second-order valence-electron chi connectivity index (χ2n) is 4.17. The normalized spacial score (nSPS) is 12.8. The monoisotopic (exact) mass is 321 g/mol. The topological polar surface area (TPSA) is 40.7 Å². The number of rotatable bonds is 3. The molecule has 1 aromatic carbocycles. The summed E-state index contributed by atoms with van der Waals surface area (Å²) in [6, 6.07) is 8.58. The lowest BCUT2D eigenvalue weighted by Crippen LogP contribution is -2.05. The van der Waals surface area contributed by atoms with Gasteiger partial charge in [0, 0.05) is 20.4 Å². The van der Waals surface area contributed by atoms with Gasteiger partial charge >= 0.3 is 0 Å². The maximum absolute atomic E-state index is 4.03. The van der Waals surface area contributed by atoms with E-state index in [1.807, 2.05) is 12.3 Å². The molecule has 3 nitrogen and oxygen atoms in total. The number of anilines is 1. The van der Waals surface area contributed by atoms with Crippen LogP contribution in [0.4, 0.5) is 5.69 Å². The first kappa shape index (κ1) is 11.7. The first-order valence-electron chi connectivity index (χ1n) is 5.66. The Kier molecular flexibility index (Phi) is 3.09. The zero-order valence-electron chi connectivity index (χ0n) is 9.77. The van der Waals surface area contributed by atoms with Crippen molar-refractivity contribution >= 4 is 43.9 Å². The van der Waals surface area contributed by atoms with Crippen LogP contribution in [-0.2, 0) is 0 Å². The Morgan fingerprint density at radius 2 is 2.28 bits per heavy atom. The van der Waals surface area contributed by atoms with Gasteiger partial charge in [-0.1, -0.05) is 0 Å². The van der Waals surface area contributed by atoms with Crippen LogP contribution in [0, 0.1) is 0 Å². The maximum Gasteiger partial charge on any atom is 0.0651 e. The van der Waals surface area contributed by atoms with E-state index in [-0.39, 0.29) is 6.04 Å². The van der Waals surface area contributed by atoms with Crippen molar-refractivity contribution in [2.75, 3.05) is 5.32 Å². The van der Waals surface area contributed by atoms with Gasteiger partial charge in [0.15, 0.2) is 0 Å². The number of hydrogen-bond donors (Lipinski definition) is 2. The van der Waals surface area contributed by atoms with Crippen LogP contribution in [0.5, 0.6) is 0 Å². The molecule has 0 saturated carbocycles. The smallest absolute Gasteiger partial charge is 0.0651 e. The van der Waals surface area contributed by atoms with Crippen LogP contribution in [0.1, 0.15) is 17.8 Å². The molecule has 0 aliphatic rings. The van der Waals surface area contributed by atoms with E-state index in [0.717, 1.165) is 21.1 Å². The van der Waals surface area contributed by atoms with E-state index < -0.39 is 0 Å². The SMILES string of the molecule is CC(Nc1ccc2[nH]ncc2c1)c1sccc1Br. The molecule has 0 radical (unpaired) electrons. The lowest BCUT2D eigenvalue weighted by atomic mass is 10.2. The van der Waals surface area contributed by atoms with Gasteiger partial charge in [0.05, 0.1) is 17.8 Å². The Balaban J connectivity index is 1.85. The molecular formula is C13H12BrN3S. The highest BCUT2D eigenvalue weighted by Gasteiger charge is 2.10. The summed E-state index contributed by atoms with van der Waals surface area (Å²) in [4.78, 5) is 1.31. The molecule has 1 atom stereocenters. The van der Waals surface area contributed by atoms with Crippen LogP contribution in [-0.4, -0.2) is 10.2 Å². The zero-order chi connectivity index (χ0) is 12.5. The van der Waals surface area contributed by atoms with Crippen molar-refractivity contribution in [2.24, 2.45) is 0 Å². The molecule has 0 spiro atoms. The summed E-state index contributed by atoms with van der Waals surface area (Å²) >= 11 is 5.32. The minimum atomic E-state index is 0.281. The quantitative estimate of drug-likeness (QED) is 0.742. The number of halogens is 1. The maximum atomic E-state index is 4.03. The van der Waals surface area contributed by atoms with Gasteiger partial charge in [0.1, 0.15) is 0 Å². The number of hydrogen-bond acceptors (Lipinski definition) is 3. The van der Waals surface area contributed by atoms with E-state index >= 15 is 0 Å². The number of nitrogens with one attached hydrogen (secondary N) is 2. The predicted molar refractivity (Wildman–Crippen MR) is 80.2 cm³/mol. The average Bonchev–Trinajstić information content (AvgIpc) is 2.96. The molecule has 2 N–H and O–H groups in total. The summed E-state index contributed by atoms with van der Waals surface area (Å²) in [6.45, 7) is 2.16. The molecular weight excluding hydrogens is 310 g/mol. The summed E-state index contributed by atoms with van der Waals surface area (Å²) in [7, 11) is 0. The van der Waals surface area contributed by atoms with Gasteiger partial charge in [0.2, 0.25) is 0 Å². The van der Waals surface area contributed by atoms with Crippen LogP contribution >= 0.6 is 27.3 Å². The number of aromatic nitrogens is 2. The van der Waals surface area contributed by atoms with Crippen molar-refractivity contribution in [3.63, 3.8) is 0 Å². The highest BCUT2D eigenvalue weighted by molar-refractivity contribution is 9.10. The third kappa shape index (κ3) is 2.15. The van der Waals surface area contributed by atoms with Crippen molar-refractivity contribution in [3.8, 4) is 0 Å². The van der Waals surface area contributed by atoms with E-state index in [1.165, 1.54) is 4.88 Å². The van der Waals surface area contributed by atoms with Gasteiger partial charge in [-0.25, -0.2) is 0 Å². The summed E-state index contributed by atoms with van der Waals surface area (Å²) in [5.74, 6) is 0. The average molecular weight is 322 g/mol. The first-order chi connectivity index (χ1) is 8.74. The van der Waals surface area contributed by atoms with Gasteiger partial charge < -0.3 is 5.32 Å². The van der Waals surface area contributed by atoms with Gasteiger partial charge in [0.25, 0.3) is 0 Å². The molecule has 92 valence electrons. The third-order valence-corrected chi connectivity index (χ3v) is 4.91. The molecule has 0 saturated heterocycles. The second kappa shape index (κ2) is 4.74. The number of thiophene rings is 1. The first-order valence-corrected chi connectivity index (χ1v) is 7.34. The highest BCUT2D eigenvalue weighted by atomic mass is 79.9. The molecule has 18 heavy (non-hydrogen) atoms. The molecule has 3 rings (SSSR count). The summed E-state index contributed by atoms with van der Waals surface area (Å²) in [6.07, 6.45) is 1.84. The lowest BCUT2D eigenvalue weighted by Gasteiger charge is -2.14. The van der Waals surface area contributed by atoms with Crippen molar-refractivity contribution in [1.29, 1.82) is 0 Å². The van der Waals surface area contributed by atoms with Gasteiger partial charge in [-0.15, -0.1) is 11.3 Å². The Morgan fingerprint density at radius 1 is 1.39 bits per heavy atom. The molecule has 1 unspecified atom stereocenters. The Morgan fingerprint density at radius 3 is 3.06 bits per heavy atom. The van der Waals surface area contributed by atoms with Crippen LogP contribution in [0.15, 0.2) is 40.3 Å². The van der Waals surface area contributed by atoms with E-state index in [9.17, 15) is 0 Å². The van der Waals surface area contributed by atoms with Crippen molar-refractivity contribution in [1.82, 2.24) is 10.2 Å². The largest absolute Gasteiger partial charge is 0.378 e. The molecule has 2 heterocycles. The van der Waals surface area contributed by atoms with Crippen LogP contribution in [0.3, 0.4) is 0 Å². The van der Waals surface area contributed by atoms with Crippen molar-refractivity contribution < 1.29 is 0 Å². The standard InChI is InChI=1S/C13H12BrN3S/c1-8(13-11(14)4-5-18-13)16-10-2-3-12-9(6-10)7-15-17-12/h2-8,16H,1H3,(H,15,17). The minimum Gasteiger partial charge on any atom is -0.378 e. The van der Waals surface area contributed by atoms with Gasteiger partial charge in [-0.05, 0) is 52.5 Å². The highest BCUT2D eigenvalue weighted by Crippen LogP contribution is 2.31. The van der Waals surface area contributed by atoms with E-state index in [0.29, 0.717) is 0 Å². The Labute approximate surface area is 117 Å². The summed E-state index contributed by atoms with van der Waals surface area (Å²) < 4.78 is 1.16. The third-order valence-electron chi connectivity index (χ3n) is 2.86. The molecule has 0 aliphatic carbocycles. The zero-order valence-corrected chi connectivity index (χ0v) is 12.2. The fraction of sp³-hybridized carbons (Fsp3) is 0.154. The summed E-state index contributed by atoms with van der Waals surface area (Å²) in [5.41, 5.74) is 2.17. The molecule has 0 aliphatic heterocycles. The van der Waals surface area contributed by atoms with Crippen LogP contribution in [0.2, 0.25) is 0 Å². The van der Waals surface area contributed by atoms with Crippen LogP contribution < -0.4 is 5.32 Å². The Hall–Kier alpha value is -1.33. The van der Waals surface area contributed by atoms with Gasteiger partial charge in [-0.3, -0.25) is 5.10 Å². The molecule has 0 amide bonds. The number of fused-ring (bicyclic) bond motifs is 1. The number of nitrogens with zero attached hydrogens (tertiary/aromatic N) is 1. The molecule has 0 fully saturated rings. The predicted octanol–water partition coefficient (Wildman–Crippen LogP) is 4.56. The summed E-state index contributed by atoms with van der Waals surface area (Å²) in [5, 5.41) is 13.7. The fourth-order valence-electron chi connectivity index (χ4n) is 1.96. The van der Waals surface area contributed by atoms with E-state index in [2.05, 4.69) is 61.9 Å². The number of benzene rings is 1. The number of aromatic amines is 1. The fourth-order valence-corrected chi connectivity index (χ4v) is 3.69. The molecule has 0 bridgehead atoms. The lowest BCUT2D eigenvalue weighted by molar-refractivity contribution is 0.904. The Bertz CT molecular complexity index is 673. The van der Waals surface area contributed by atoms with Crippen molar-refractivity contribution in [3.05, 3.63) is 45.2 Å². The van der Waals surface area contributed by atoms with Gasteiger partial charge in [-0.2, -0.15) is 5.10 Å². The van der Waals surface area contributed by atoms with E-state index in [4.69, 9.17) is 0 Å². The number of H-pyrrole nitrogens is 1.